The third kappa shape index (κ3) is 4.82. The second kappa shape index (κ2) is 8.06. The van der Waals surface area contributed by atoms with Crippen molar-refractivity contribution in [3.63, 3.8) is 0 Å². The van der Waals surface area contributed by atoms with E-state index in [0.29, 0.717) is 5.56 Å². The van der Waals surface area contributed by atoms with Gasteiger partial charge in [-0.25, -0.2) is 13.6 Å². The number of sulfonamides is 1. The molecule has 2 aromatic carbocycles. The van der Waals surface area contributed by atoms with Gasteiger partial charge in [0.2, 0.25) is 10.0 Å². The lowest BCUT2D eigenvalue weighted by atomic mass is 10.0. The predicted molar refractivity (Wildman–Crippen MR) is 107 cm³/mol. The molecule has 3 aromatic rings. The van der Waals surface area contributed by atoms with Crippen LogP contribution in [0.5, 0.6) is 0 Å². The Hall–Kier alpha value is -3.17. The molecular formula is C20H20N2O6S. The molecule has 0 unspecified atom stereocenters. The van der Waals surface area contributed by atoms with E-state index in [0.717, 1.165) is 22.1 Å². The molecule has 3 rings (SSSR count). The summed E-state index contributed by atoms with van der Waals surface area (Å²) in [6.45, 7) is 3.41. The number of nitrogens with two attached hydrogens (primary N) is 1. The monoisotopic (exact) mass is 416 g/mol. The SMILES string of the molecule is Cc1ccc2c(CC(=O)OCC(=O)Nc3cccc(S(N)(=O)=O)c3)coc2c1C. The zero-order valence-corrected chi connectivity index (χ0v) is 16.7. The third-order valence-electron chi connectivity index (χ3n) is 4.49. The lowest BCUT2D eigenvalue weighted by molar-refractivity contribution is -0.146. The normalized spacial score (nSPS) is 11.4. The fraction of sp³-hybridized carbons (Fsp3) is 0.200. The van der Waals surface area contributed by atoms with Crippen LogP contribution in [0.15, 0.2) is 52.0 Å². The van der Waals surface area contributed by atoms with Crippen LogP contribution in [0.1, 0.15) is 16.7 Å². The van der Waals surface area contributed by atoms with Crippen LogP contribution in [0.25, 0.3) is 11.0 Å². The Morgan fingerprint density at radius 1 is 1.17 bits per heavy atom. The Morgan fingerprint density at radius 3 is 2.66 bits per heavy atom. The molecule has 9 heteroatoms. The maximum atomic E-state index is 12.1. The van der Waals surface area contributed by atoms with Gasteiger partial charge in [-0.05, 0) is 43.2 Å². The molecule has 0 fully saturated rings. The van der Waals surface area contributed by atoms with Crippen LogP contribution in [0.2, 0.25) is 0 Å². The summed E-state index contributed by atoms with van der Waals surface area (Å²) >= 11 is 0. The summed E-state index contributed by atoms with van der Waals surface area (Å²) in [5, 5.41) is 8.34. The first kappa shape index (κ1) is 20.6. The molecule has 0 aliphatic rings. The highest BCUT2D eigenvalue weighted by Gasteiger charge is 2.15. The first-order chi connectivity index (χ1) is 13.6. The average molecular weight is 416 g/mol. The van der Waals surface area contributed by atoms with Crippen LogP contribution in [0.4, 0.5) is 5.69 Å². The molecule has 152 valence electrons. The zero-order valence-electron chi connectivity index (χ0n) is 15.9. The molecule has 0 bridgehead atoms. The fourth-order valence-electron chi connectivity index (χ4n) is 2.83. The van der Waals surface area contributed by atoms with Crippen LogP contribution in [0.3, 0.4) is 0 Å². The smallest absolute Gasteiger partial charge is 0.310 e. The summed E-state index contributed by atoms with van der Waals surface area (Å²) in [6.07, 6.45) is 1.47. The van der Waals surface area contributed by atoms with E-state index < -0.39 is 28.5 Å². The van der Waals surface area contributed by atoms with Gasteiger partial charge >= 0.3 is 5.97 Å². The number of nitrogens with one attached hydrogen (secondary N) is 1. The van der Waals surface area contributed by atoms with E-state index in [2.05, 4.69) is 5.32 Å². The minimum Gasteiger partial charge on any atom is -0.464 e. The van der Waals surface area contributed by atoms with Crippen molar-refractivity contribution in [3.8, 4) is 0 Å². The summed E-state index contributed by atoms with van der Waals surface area (Å²) in [6, 6.07) is 9.30. The van der Waals surface area contributed by atoms with Gasteiger partial charge in [-0.15, -0.1) is 0 Å². The maximum Gasteiger partial charge on any atom is 0.310 e. The average Bonchev–Trinajstić information content (AvgIpc) is 3.06. The second-order valence-electron chi connectivity index (χ2n) is 6.60. The number of aryl methyl sites for hydroxylation is 2. The predicted octanol–water partition coefficient (Wildman–Crippen LogP) is 2.42. The molecule has 1 heterocycles. The quantitative estimate of drug-likeness (QED) is 0.594. The minimum absolute atomic E-state index is 0.0380. The molecule has 0 aliphatic heterocycles. The van der Waals surface area contributed by atoms with E-state index in [9.17, 15) is 18.0 Å². The Balaban J connectivity index is 1.59. The van der Waals surface area contributed by atoms with Crippen LogP contribution < -0.4 is 10.5 Å². The number of esters is 1. The van der Waals surface area contributed by atoms with Crippen molar-refractivity contribution in [2.75, 3.05) is 11.9 Å². The number of primary sulfonamides is 1. The van der Waals surface area contributed by atoms with Crippen molar-refractivity contribution in [2.45, 2.75) is 25.2 Å². The number of hydrogen-bond donors (Lipinski definition) is 2. The third-order valence-corrected chi connectivity index (χ3v) is 5.40. The Bertz CT molecular complexity index is 1200. The highest BCUT2D eigenvalue weighted by Crippen LogP contribution is 2.26. The molecule has 0 saturated heterocycles. The van der Waals surface area contributed by atoms with Gasteiger partial charge in [0, 0.05) is 16.6 Å². The first-order valence-corrected chi connectivity index (χ1v) is 10.2. The number of carbonyl (C=O) groups excluding carboxylic acids is 2. The molecule has 29 heavy (non-hydrogen) atoms. The first-order valence-electron chi connectivity index (χ1n) is 8.70. The van der Waals surface area contributed by atoms with E-state index in [1.807, 2.05) is 26.0 Å². The number of carbonyl (C=O) groups is 2. The molecule has 0 saturated carbocycles. The number of hydrogen-bond acceptors (Lipinski definition) is 6. The summed E-state index contributed by atoms with van der Waals surface area (Å²) in [7, 11) is -3.89. The molecule has 0 aliphatic carbocycles. The van der Waals surface area contributed by atoms with Crippen molar-refractivity contribution in [1.82, 2.24) is 0 Å². The highest BCUT2D eigenvalue weighted by molar-refractivity contribution is 7.89. The Kier molecular flexibility index (Phi) is 5.71. The highest BCUT2D eigenvalue weighted by atomic mass is 32.2. The van der Waals surface area contributed by atoms with Gasteiger partial charge < -0.3 is 14.5 Å². The van der Waals surface area contributed by atoms with Gasteiger partial charge in [0.15, 0.2) is 6.61 Å². The van der Waals surface area contributed by atoms with Crippen LogP contribution in [-0.2, 0) is 30.8 Å². The molecule has 1 amide bonds. The van der Waals surface area contributed by atoms with Gasteiger partial charge in [-0.2, -0.15) is 0 Å². The standard InChI is InChI=1S/C20H20N2O6S/c1-12-6-7-17-14(10-28-20(17)13(12)2)8-19(24)27-11-18(23)22-15-4-3-5-16(9-15)29(21,25)26/h3-7,9-10H,8,11H2,1-2H3,(H,22,23)(H2,21,25,26). The number of ether oxygens (including phenoxy) is 1. The van der Waals surface area contributed by atoms with Crippen molar-refractivity contribution >= 4 is 38.6 Å². The lowest BCUT2D eigenvalue weighted by Gasteiger charge is -2.07. The number of fused-ring (bicyclic) bond motifs is 1. The zero-order chi connectivity index (χ0) is 21.2. The Labute approximate surface area is 167 Å². The molecule has 0 atom stereocenters. The molecule has 8 nitrogen and oxygen atoms in total. The van der Waals surface area contributed by atoms with E-state index in [4.69, 9.17) is 14.3 Å². The summed E-state index contributed by atoms with van der Waals surface area (Å²) < 4.78 is 33.3. The van der Waals surface area contributed by atoms with Crippen molar-refractivity contribution in [1.29, 1.82) is 0 Å². The van der Waals surface area contributed by atoms with E-state index in [-0.39, 0.29) is 17.0 Å². The minimum atomic E-state index is -3.89. The topological polar surface area (TPSA) is 129 Å². The lowest BCUT2D eigenvalue weighted by Crippen LogP contribution is -2.22. The molecule has 0 spiro atoms. The number of rotatable bonds is 6. The van der Waals surface area contributed by atoms with Crippen LogP contribution >= 0.6 is 0 Å². The van der Waals surface area contributed by atoms with Gasteiger partial charge in [-0.1, -0.05) is 18.2 Å². The van der Waals surface area contributed by atoms with Gasteiger partial charge in [0.25, 0.3) is 5.91 Å². The number of furan rings is 1. The van der Waals surface area contributed by atoms with E-state index >= 15 is 0 Å². The van der Waals surface area contributed by atoms with Crippen LogP contribution in [-0.4, -0.2) is 26.9 Å². The summed E-state index contributed by atoms with van der Waals surface area (Å²) in [5.41, 5.74) is 3.71. The molecular weight excluding hydrogens is 396 g/mol. The molecule has 0 radical (unpaired) electrons. The molecule has 3 N–H and O–H groups in total. The van der Waals surface area contributed by atoms with Gasteiger partial charge in [-0.3, -0.25) is 9.59 Å². The number of benzene rings is 2. The van der Waals surface area contributed by atoms with Gasteiger partial charge in [0.1, 0.15) is 5.58 Å². The summed E-state index contributed by atoms with van der Waals surface area (Å²) in [5.74, 6) is -1.19. The van der Waals surface area contributed by atoms with Crippen LogP contribution in [0, 0.1) is 13.8 Å². The summed E-state index contributed by atoms with van der Waals surface area (Å²) in [4.78, 5) is 24.0. The number of anilines is 1. The van der Waals surface area contributed by atoms with Gasteiger partial charge in [0.05, 0.1) is 17.6 Å². The van der Waals surface area contributed by atoms with E-state index in [1.54, 1.807) is 0 Å². The molecule has 1 aromatic heterocycles. The largest absolute Gasteiger partial charge is 0.464 e. The van der Waals surface area contributed by atoms with Crippen molar-refractivity contribution in [2.24, 2.45) is 5.14 Å². The van der Waals surface area contributed by atoms with E-state index in [1.165, 1.54) is 30.5 Å². The van der Waals surface area contributed by atoms with Crippen molar-refractivity contribution in [3.05, 3.63) is 59.4 Å². The Morgan fingerprint density at radius 2 is 1.93 bits per heavy atom. The van der Waals surface area contributed by atoms with Crippen molar-refractivity contribution < 1.29 is 27.2 Å². The fourth-order valence-corrected chi connectivity index (χ4v) is 3.39. The number of amides is 1. The second-order valence-corrected chi connectivity index (χ2v) is 8.16. The maximum absolute atomic E-state index is 12.1.